The summed E-state index contributed by atoms with van der Waals surface area (Å²) < 4.78 is 0. The SMILES string of the molecule is Cc1ccc([C@H](C2CC2)N2CCNCC2)cc1C.Cl.Cl. The molecule has 0 amide bonds. The van der Waals surface area contributed by atoms with E-state index >= 15 is 0 Å². The first kappa shape index (κ1) is 17.8. The van der Waals surface area contributed by atoms with Crippen molar-refractivity contribution in [2.45, 2.75) is 32.7 Å². The Hall–Kier alpha value is -0.280. The predicted octanol–water partition coefficient (Wildman–Crippen LogP) is 3.50. The van der Waals surface area contributed by atoms with Crippen LogP contribution < -0.4 is 5.32 Å². The Morgan fingerprint density at radius 2 is 1.70 bits per heavy atom. The highest BCUT2D eigenvalue weighted by Gasteiger charge is 2.36. The molecule has 114 valence electrons. The van der Waals surface area contributed by atoms with Crippen LogP contribution in [0.4, 0.5) is 0 Å². The first-order valence-electron chi connectivity index (χ1n) is 7.27. The largest absolute Gasteiger partial charge is 0.314 e. The molecule has 3 rings (SSSR count). The highest BCUT2D eigenvalue weighted by Crippen LogP contribution is 2.44. The lowest BCUT2D eigenvalue weighted by molar-refractivity contribution is 0.156. The molecular formula is C16H26Cl2N2. The van der Waals surface area contributed by atoms with Gasteiger partial charge in [-0.25, -0.2) is 0 Å². The van der Waals surface area contributed by atoms with Crippen LogP contribution in [-0.4, -0.2) is 31.1 Å². The Kier molecular flexibility index (Phi) is 6.80. The number of nitrogens with one attached hydrogen (secondary N) is 1. The summed E-state index contributed by atoms with van der Waals surface area (Å²) in [6, 6.07) is 7.74. The normalized spacial score (nSPS) is 20.7. The minimum atomic E-state index is 0. The number of benzene rings is 1. The zero-order valence-corrected chi connectivity index (χ0v) is 14.0. The second-order valence-corrected chi connectivity index (χ2v) is 5.91. The third-order valence-electron chi connectivity index (χ3n) is 4.49. The summed E-state index contributed by atoms with van der Waals surface area (Å²) in [5, 5.41) is 3.46. The molecule has 2 aliphatic rings. The van der Waals surface area contributed by atoms with Crippen LogP contribution in [0.15, 0.2) is 18.2 Å². The number of hydrogen-bond acceptors (Lipinski definition) is 2. The summed E-state index contributed by atoms with van der Waals surface area (Å²) in [5.41, 5.74) is 4.39. The molecule has 1 atom stereocenters. The molecule has 2 nitrogen and oxygen atoms in total. The van der Waals surface area contributed by atoms with Crippen LogP contribution in [0.3, 0.4) is 0 Å². The van der Waals surface area contributed by atoms with Crippen molar-refractivity contribution >= 4 is 24.8 Å². The predicted molar refractivity (Wildman–Crippen MR) is 90.3 cm³/mol. The van der Waals surface area contributed by atoms with E-state index < -0.39 is 0 Å². The van der Waals surface area contributed by atoms with E-state index in [0.29, 0.717) is 6.04 Å². The van der Waals surface area contributed by atoms with Crippen LogP contribution >= 0.6 is 24.8 Å². The van der Waals surface area contributed by atoms with E-state index in [2.05, 4.69) is 42.3 Å². The van der Waals surface area contributed by atoms with Gasteiger partial charge >= 0.3 is 0 Å². The Morgan fingerprint density at radius 1 is 1.05 bits per heavy atom. The van der Waals surface area contributed by atoms with Gasteiger partial charge in [-0.1, -0.05) is 18.2 Å². The van der Waals surface area contributed by atoms with Crippen molar-refractivity contribution in [3.8, 4) is 0 Å². The molecule has 0 aromatic heterocycles. The van der Waals surface area contributed by atoms with E-state index in [1.54, 1.807) is 5.56 Å². The van der Waals surface area contributed by atoms with E-state index in [4.69, 9.17) is 0 Å². The zero-order valence-electron chi connectivity index (χ0n) is 12.4. The van der Waals surface area contributed by atoms with Gasteiger partial charge < -0.3 is 5.32 Å². The maximum Gasteiger partial charge on any atom is 0.0377 e. The van der Waals surface area contributed by atoms with Crippen LogP contribution in [0.2, 0.25) is 0 Å². The number of hydrogen-bond donors (Lipinski definition) is 1. The Morgan fingerprint density at radius 3 is 2.25 bits per heavy atom. The van der Waals surface area contributed by atoms with Gasteiger partial charge in [0.15, 0.2) is 0 Å². The molecule has 0 spiro atoms. The summed E-state index contributed by atoms with van der Waals surface area (Å²) in [7, 11) is 0. The molecule has 1 saturated carbocycles. The first-order valence-corrected chi connectivity index (χ1v) is 7.27. The summed E-state index contributed by atoms with van der Waals surface area (Å²) in [6.45, 7) is 9.14. The van der Waals surface area contributed by atoms with Crippen molar-refractivity contribution in [1.82, 2.24) is 10.2 Å². The first-order chi connectivity index (χ1) is 8.75. The van der Waals surface area contributed by atoms with Crippen LogP contribution in [-0.2, 0) is 0 Å². The van der Waals surface area contributed by atoms with Crippen LogP contribution in [0.1, 0.15) is 35.6 Å². The van der Waals surface area contributed by atoms with Crippen LogP contribution in [0.5, 0.6) is 0 Å². The van der Waals surface area contributed by atoms with Crippen LogP contribution in [0.25, 0.3) is 0 Å². The maximum absolute atomic E-state index is 3.46. The third-order valence-corrected chi connectivity index (χ3v) is 4.49. The number of aryl methyl sites for hydroxylation is 2. The van der Waals surface area contributed by atoms with Gasteiger partial charge in [0.25, 0.3) is 0 Å². The topological polar surface area (TPSA) is 15.3 Å². The van der Waals surface area contributed by atoms with Gasteiger partial charge in [0, 0.05) is 32.2 Å². The molecule has 1 aromatic rings. The van der Waals surface area contributed by atoms with Gasteiger partial charge in [-0.05, 0) is 49.3 Å². The van der Waals surface area contributed by atoms with E-state index in [1.807, 2.05) is 0 Å². The number of halogens is 2. The summed E-state index contributed by atoms with van der Waals surface area (Å²) in [4.78, 5) is 2.69. The van der Waals surface area contributed by atoms with E-state index in [1.165, 1.54) is 37.1 Å². The molecule has 4 heteroatoms. The van der Waals surface area contributed by atoms with Crippen LogP contribution in [0, 0.1) is 19.8 Å². The van der Waals surface area contributed by atoms with Crippen molar-refractivity contribution in [3.05, 3.63) is 34.9 Å². The molecule has 20 heavy (non-hydrogen) atoms. The van der Waals surface area contributed by atoms with E-state index in [-0.39, 0.29) is 24.8 Å². The summed E-state index contributed by atoms with van der Waals surface area (Å²) in [6.07, 6.45) is 2.84. The van der Waals surface area contributed by atoms with Gasteiger partial charge in [0.1, 0.15) is 0 Å². The molecule has 0 bridgehead atoms. The Labute approximate surface area is 135 Å². The zero-order chi connectivity index (χ0) is 12.5. The highest BCUT2D eigenvalue weighted by atomic mass is 35.5. The highest BCUT2D eigenvalue weighted by molar-refractivity contribution is 5.85. The summed E-state index contributed by atoms with van der Waals surface area (Å²) >= 11 is 0. The lowest BCUT2D eigenvalue weighted by atomic mass is 9.96. The van der Waals surface area contributed by atoms with E-state index in [0.717, 1.165) is 19.0 Å². The molecule has 2 fully saturated rings. The fourth-order valence-corrected chi connectivity index (χ4v) is 3.10. The Bertz CT molecular complexity index is 426. The third kappa shape index (κ3) is 3.88. The second-order valence-electron chi connectivity index (χ2n) is 5.91. The molecule has 1 heterocycles. The van der Waals surface area contributed by atoms with Crippen molar-refractivity contribution in [2.75, 3.05) is 26.2 Å². The van der Waals surface area contributed by atoms with Crippen molar-refractivity contribution in [1.29, 1.82) is 0 Å². The monoisotopic (exact) mass is 316 g/mol. The molecule has 1 aromatic carbocycles. The summed E-state index contributed by atoms with van der Waals surface area (Å²) in [5.74, 6) is 0.908. The quantitative estimate of drug-likeness (QED) is 0.918. The molecule has 1 aliphatic heterocycles. The molecule has 0 unspecified atom stereocenters. The van der Waals surface area contributed by atoms with E-state index in [9.17, 15) is 0 Å². The molecule has 0 radical (unpaired) electrons. The van der Waals surface area contributed by atoms with Crippen molar-refractivity contribution < 1.29 is 0 Å². The number of rotatable bonds is 3. The standard InChI is InChI=1S/C16H24N2.2ClH/c1-12-3-4-15(11-13(12)2)16(14-5-6-14)18-9-7-17-8-10-18;;/h3-4,11,14,16-17H,5-10H2,1-2H3;2*1H/t16-;;/m0../s1. The minimum absolute atomic E-state index is 0. The number of nitrogens with zero attached hydrogens (tertiary/aromatic N) is 1. The molecular weight excluding hydrogens is 291 g/mol. The molecule has 1 N–H and O–H groups in total. The Balaban J connectivity index is 0.000001000. The maximum atomic E-state index is 3.46. The number of piperazine rings is 1. The minimum Gasteiger partial charge on any atom is -0.314 e. The van der Waals surface area contributed by atoms with Gasteiger partial charge in [0.05, 0.1) is 0 Å². The van der Waals surface area contributed by atoms with Gasteiger partial charge in [-0.2, -0.15) is 0 Å². The lowest BCUT2D eigenvalue weighted by Crippen LogP contribution is -2.45. The van der Waals surface area contributed by atoms with Gasteiger partial charge in [0.2, 0.25) is 0 Å². The molecule has 1 saturated heterocycles. The average molecular weight is 317 g/mol. The average Bonchev–Trinajstić information content (AvgIpc) is 3.20. The van der Waals surface area contributed by atoms with Gasteiger partial charge in [-0.3, -0.25) is 4.90 Å². The fraction of sp³-hybridized carbons (Fsp3) is 0.625. The molecule has 1 aliphatic carbocycles. The second kappa shape index (κ2) is 7.65. The van der Waals surface area contributed by atoms with Gasteiger partial charge in [-0.15, -0.1) is 24.8 Å². The smallest absolute Gasteiger partial charge is 0.0377 e. The fourth-order valence-electron chi connectivity index (χ4n) is 3.10. The lowest BCUT2D eigenvalue weighted by Gasteiger charge is -2.35. The van der Waals surface area contributed by atoms with Crippen molar-refractivity contribution in [3.63, 3.8) is 0 Å². The van der Waals surface area contributed by atoms with Crippen molar-refractivity contribution in [2.24, 2.45) is 5.92 Å².